The second kappa shape index (κ2) is 17.6. The average Bonchev–Trinajstić information content (AvgIpc) is 2.84. The molecular formula is C27H33NO7. The zero-order valence-corrected chi connectivity index (χ0v) is 20.7. The van der Waals surface area contributed by atoms with Gasteiger partial charge in [-0.2, -0.15) is 19.2 Å². The lowest BCUT2D eigenvalue weighted by Crippen LogP contribution is -2.48. The SMILES string of the molecule is CCCCc1ccc(Oc2ccc(C(=O)CC(CC)(CC)NC(C)=O)cc2)cc1.O=C=O.O=C=O. The molecule has 8 nitrogen and oxygen atoms in total. The lowest BCUT2D eigenvalue weighted by atomic mass is 9.85. The van der Waals surface area contributed by atoms with Crippen LogP contribution < -0.4 is 10.1 Å². The number of hydrogen-bond donors (Lipinski definition) is 1. The summed E-state index contributed by atoms with van der Waals surface area (Å²) in [7, 11) is 0. The second-order valence-electron chi connectivity index (χ2n) is 7.81. The van der Waals surface area contributed by atoms with E-state index in [0.717, 1.165) is 12.2 Å². The molecule has 0 saturated carbocycles. The molecule has 0 radical (unpaired) electrons. The van der Waals surface area contributed by atoms with Crippen molar-refractivity contribution < 1.29 is 33.5 Å². The summed E-state index contributed by atoms with van der Waals surface area (Å²) in [5, 5.41) is 2.97. The van der Waals surface area contributed by atoms with Crippen LogP contribution in [0.4, 0.5) is 0 Å². The summed E-state index contributed by atoms with van der Waals surface area (Å²) in [6.07, 6.45) is 5.68. The van der Waals surface area contributed by atoms with Gasteiger partial charge in [-0.3, -0.25) is 9.59 Å². The van der Waals surface area contributed by atoms with Crippen LogP contribution in [0.3, 0.4) is 0 Å². The molecule has 0 aliphatic heterocycles. The number of hydrogen-bond acceptors (Lipinski definition) is 7. The predicted octanol–water partition coefficient (Wildman–Crippen LogP) is 4.92. The number of carbonyl (C=O) groups is 2. The number of rotatable bonds is 11. The van der Waals surface area contributed by atoms with Gasteiger partial charge in [-0.15, -0.1) is 0 Å². The lowest BCUT2D eigenvalue weighted by molar-refractivity contribution is -0.193. The van der Waals surface area contributed by atoms with Gasteiger partial charge in [0, 0.05) is 24.4 Å². The number of amides is 1. The number of unbranched alkanes of at least 4 members (excludes halogenated alkanes) is 1. The van der Waals surface area contributed by atoms with Crippen LogP contribution >= 0.6 is 0 Å². The van der Waals surface area contributed by atoms with Crippen molar-refractivity contribution in [1.82, 2.24) is 5.32 Å². The first-order valence-electron chi connectivity index (χ1n) is 11.4. The topological polar surface area (TPSA) is 124 Å². The maximum Gasteiger partial charge on any atom is 0.373 e. The Morgan fingerprint density at radius 2 is 1.29 bits per heavy atom. The Balaban J connectivity index is 0.00000174. The molecule has 2 rings (SSSR count). The molecule has 0 fully saturated rings. The fourth-order valence-corrected chi connectivity index (χ4v) is 3.45. The molecule has 0 heterocycles. The number of nitrogens with one attached hydrogen (secondary N) is 1. The molecule has 0 saturated heterocycles. The van der Waals surface area contributed by atoms with E-state index in [0.29, 0.717) is 30.6 Å². The number of ketones is 1. The van der Waals surface area contributed by atoms with Gasteiger partial charge in [0.2, 0.25) is 5.91 Å². The molecule has 0 spiro atoms. The van der Waals surface area contributed by atoms with Gasteiger partial charge in [0.05, 0.1) is 0 Å². The van der Waals surface area contributed by atoms with E-state index >= 15 is 0 Å². The summed E-state index contributed by atoms with van der Waals surface area (Å²) < 4.78 is 5.90. The number of ether oxygens (including phenoxy) is 1. The Kier molecular flexibility index (Phi) is 15.7. The third kappa shape index (κ3) is 12.2. The largest absolute Gasteiger partial charge is 0.457 e. The van der Waals surface area contributed by atoms with E-state index in [4.69, 9.17) is 23.9 Å². The third-order valence-corrected chi connectivity index (χ3v) is 5.45. The molecular weight excluding hydrogens is 450 g/mol. The van der Waals surface area contributed by atoms with Gasteiger partial charge in [-0.25, -0.2) is 0 Å². The summed E-state index contributed by atoms with van der Waals surface area (Å²) in [6.45, 7) is 7.68. The minimum atomic E-state index is -0.488. The van der Waals surface area contributed by atoms with Gasteiger partial charge < -0.3 is 10.1 Å². The normalized spacial score (nSPS) is 9.71. The number of carbonyl (C=O) groups excluding carboxylic acids is 6. The van der Waals surface area contributed by atoms with E-state index in [9.17, 15) is 9.59 Å². The van der Waals surface area contributed by atoms with E-state index < -0.39 is 5.54 Å². The van der Waals surface area contributed by atoms with Crippen LogP contribution in [0.5, 0.6) is 11.5 Å². The highest BCUT2D eigenvalue weighted by Gasteiger charge is 2.30. The van der Waals surface area contributed by atoms with Crippen molar-refractivity contribution in [1.29, 1.82) is 0 Å². The Morgan fingerprint density at radius 3 is 1.69 bits per heavy atom. The van der Waals surface area contributed by atoms with E-state index in [1.807, 2.05) is 38.1 Å². The first kappa shape index (κ1) is 31.1. The summed E-state index contributed by atoms with van der Waals surface area (Å²) >= 11 is 0. The van der Waals surface area contributed by atoms with Crippen molar-refractivity contribution in [2.24, 2.45) is 0 Å². The van der Waals surface area contributed by atoms with Crippen molar-refractivity contribution in [3.63, 3.8) is 0 Å². The van der Waals surface area contributed by atoms with Gasteiger partial charge in [-0.05, 0) is 67.6 Å². The Labute approximate surface area is 206 Å². The van der Waals surface area contributed by atoms with Crippen molar-refractivity contribution in [2.75, 3.05) is 0 Å². The quantitative estimate of drug-likeness (QED) is 0.450. The standard InChI is InChI=1S/C25H33NO3.2CO2/c1-5-8-9-20-10-14-22(15-11-20)29-23-16-12-21(13-17-23)24(28)18-25(6-2,7-3)26-19(4)27;2*2-1-3/h10-17H,5-9,18H2,1-4H3,(H,26,27);;. The molecule has 2 aromatic rings. The monoisotopic (exact) mass is 483 g/mol. The van der Waals surface area contributed by atoms with Crippen LogP contribution in [0.1, 0.15) is 75.7 Å². The van der Waals surface area contributed by atoms with Crippen LogP contribution in [0, 0.1) is 0 Å². The summed E-state index contributed by atoms with van der Waals surface area (Å²) in [5.74, 6) is 1.40. The first-order valence-corrected chi connectivity index (χ1v) is 11.4. The second-order valence-corrected chi connectivity index (χ2v) is 7.81. The third-order valence-electron chi connectivity index (χ3n) is 5.45. The molecule has 1 amide bonds. The predicted molar refractivity (Wildman–Crippen MR) is 128 cm³/mol. The summed E-state index contributed by atoms with van der Waals surface area (Å²) in [4.78, 5) is 56.8. The number of benzene rings is 2. The van der Waals surface area contributed by atoms with E-state index in [1.165, 1.54) is 25.3 Å². The smallest absolute Gasteiger partial charge is 0.373 e. The molecule has 35 heavy (non-hydrogen) atoms. The van der Waals surface area contributed by atoms with Gasteiger partial charge in [0.1, 0.15) is 11.5 Å². The maximum absolute atomic E-state index is 12.8. The first-order chi connectivity index (χ1) is 16.7. The van der Waals surface area contributed by atoms with Gasteiger partial charge in [0.15, 0.2) is 5.78 Å². The molecule has 8 heteroatoms. The molecule has 0 aliphatic rings. The van der Waals surface area contributed by atoms with E-state index in [-0.39, 0.29) is 24.0 Å². The molecule has 0 bridgehead atoms. The van der Waals surface area contributed by atoms with Crippen LogP contribution in [-0.4, -0.2) is 29.5 Å². The number of aryl methyl sites for hydroxylation is 1. The van der Waals surface area contributed by atoms with Crippen molar-refractivity contribution in [2.45, 2.75) is 71.8 Å². The lowest BCUT2D eigenvalue weighted by Gasteiger charge is -2.32. The fourth-order valence-electron chi connectivity index (χ4n) is 3.45. The fraction of sp³-hybridized carbons (Fsp3) is 0.407. The van der Waals surface area contributed by atoms with Crippen LogP contribution in [0.15, 0.2) is 48.5 Å². The van der Waals surface area contributed by atoms with Gasteiger partial charge in [0.25, 0.3) is 0 Å². The van der Waals surface area contributed by atoms with Crippen molar-refractivity contribution >= 4 is 24.0 Å². The van der Waals surface area contributed by atoms with Crippen LogP contribution in [0.2, 0.25) is 0 Å². The molecule has 0 unspecified atom stereocenters. The maximum atomic E-state index is 12.8. The molecule has 0 aromatic heterocycles. The highest BCUT2D eigenvalue weighted by Crippen LogP contribution is 2.25. The van der Waals surface area contributed by atoms with E-state index in [2.05, 4.69) is 24.4 Å². The van der Waals surface area contributed by atoms with Gasteiger partial charge in [-0.1, -0.05) is 39.3 Å². The number of Topliss-reactive ketones (excluding diaryl/α,β-unsaturated/α-hetero) is 1. The van der Waals surface area contributed by atoms with E-state index in [1.54, 1.807) is 12.1 Å². The summed E-state index contributed by atoms with van der Waals surface area (Å²) in [5.41, 5.74) is 1.45. The van der Waals surface area contributed by atoms with Crippen LogP contribution in [-0.2, 0) is 30.4 Å². The average molecular weight is 484 g/mol. The van der Waals surface area contributed by atoms with Crippen molar-refractivity contribution in [3.8, 4) is 11.5 Å². The zero-order chi connectivity index (χ0) is 26.7. The Morgan fingerprint density at radius 1 is 0.829 bits per heavy atom. The highest BCUT2D eigenvalue weighted by atomic mass is 16.5. The van der Waals surface area contributed by atoms with Crippen LogP contribution in [0.25, 0.3) is 0 Å². The Bertz CT molecular complexity index is 954. The van der Waals surface area contributed by atoms with Gasteiger partial charge >= 0.3 is 12.3 Å². The zero-order valence-electron chi connectivity index (χ0n) is 20.7. The molecule has 1 N–H and O–H groups in total. The minimum absolute atomic E-state index is 0.0225. The molecule has 0 atom stereocenters. The summed E-state index contributed by atoms with van der Waals surface area (Å²) in [6, 6.07) is 15.4. The Hall–Kier alpha value is -3.86. The molecule has 2 aromatic carbocycles. The molecule has 188 valence electrons. The van der Waals surface area contributed by atoms with Crippen molar-refractivity contribution in [3.05, 3.63) is 59.7 Å². The highest BCUT2D eigenvalue weighted by molar-refractivity contribution is 5.97. The minimum Gasteiger partial charge on any atom is -0.457 e. The molecule has 0 aliphatic carbocycles.